The summed E-state index contributed by atoms with van der Waals surface area (Å²) in [4.78, 5) is 24.1. The number of ether oxygens (including phenoxy) is 4. The van der Waals surface area contributed by atoms with Gasteiger partial charge in [-0.05, 0) is 39.0 Å². The molecule has 0 aromatic heterocycles. The molecule has 0 bridgehead atoms. The van der Waals surface area contributed by atoms with Crippen molar-refractivity contribution < 1.29 is 33.6 Å². The number of amides is 2. The molecule has 3 rings (SSSR count). The summed E-state index contributed by atoms with van der Waals surface area (Å²) in [6, 6.07) is -0.804. The van der Waals surface area contributed by atoms with Gasteiger partial charge in [0.25, 0.3) is 0 Å². The van der Waals surface area contributed by atoms with Gasteiger partial charge in [0.05, 0.1) is 25.2 Å². The average molecular weight is 441 g/mol. The largest absolute Gasteiger partial charge is 0.443 e. The number of aliphatic hydroxyl groups excluding tert-OH is 1. The number of hydrogen-bond donors (Lipinski definition) is 3. The Morgan fingerprint density at radius 2 is 2.06 bits per heavy atom. The lowest BCUT2D eigenvalue weighted by atomic mass is 9.68. The van der Waals surface area contributed by atoms with E-state index in [1.807, 2.05) is 19.9 Å². The molecule has 3 aliphatic rings. The fourth-order valence-corrected chi connectivity index (χ4v) is 4.97. The molecule has 3 fully saturated rings. The number of alkyl carbamates (subject to hydrolysis) is 1. The Kier molecular flexibility index (Phi) is 7.00. The molecule has 2 amide bonds. The van der Waals surface area contributed by atoms with Gasteiger partial charge in [-0.15, -0.1) is 0 Å². The molecule has 2 aliphatic heterocycles. The van der Waals surface area contributed by atoms with E-state index in [4.69, 9.17) is 24.7 Å². The van der Waals surface area contributed by atoms with Gasteiger partial charge >= 0.3 is 6.09 Å². The second kappa shape index (κ2) is 9.05. The molecule has 1 unspecified atom stereocenters. The first-order chi connectivity index (χ1) is 14.6. The summed E-state index contributed by atoms with van der Waals surface area (Å²) in [7, 11) is 1.60. The fourth-order valence-electron chi connectivity index (χ4n) is 4.97. The van der Waals surface area contributed by atoms with Gasteiger partial charge in [0, 0.05) is 7.11 Å². The van der Waals surface area contributed by atoms with Gasteiger partial charge in [-0.1, -0.05) is 25.5 Å². The van der Waals surface area contributed by atoms with Gasteiger partial charge in [0.15, 0.2) is 0 Å². The SMILES string of the molecule is CO[C@H]1C([C@@]2(C)O[C@@H]2CC=C(C)CO)[C@]2(CC[C@H]1OC(=O)N[C@@H](C(N)=O)C(C)C)CO2. The predicted molar refractivity (Wildman–Crippen MR) is 112 cm³/mol. The number of carbonyl (C=O) groups excluding carboxylic acids is 2. The maximum Gasteiger partial charge on any atom is 0.408 e. The number of hydrogen-bond acceptors (Lipinski definition) is 7. The maximum atomic E-state index is 12.5. The topological polar surface area (TPSA) is 136 Å². The van der Waals surface area contributed by atoms with Crippen LogP contribution < -0.4 is 11.1 Å². The molecule has 31 heavy (non-hydrogen) atoms. The van der Waals surface area contributed by atoms with Crippen LogP contribution in [-0.2, 0) is 23.7 Å². The van der Waals surface area contributed by atoms with E-state index in [0.717, 1.165) is 12.0 Å². The van der Waals surface area contributed by atoms with Crippen LogP contribution in [0.15, 0.2) is 11.6 Å². The first-order valence-electron chi connectivity index (χ1n) is 11.0. The van der Waals surface area contributed by atoms with Gasteiger partial charge in [-0.3, -0.25) is 4.79 Å². The Balaban J connectivity index is 1.71. The van der Waals surface area contributed by atoms with E-state index >= 15 is 0 Å². The highest BCUT2D eigenvalue weighted by molar-refractivity contribution is 5.84. The van der Waals surface area contributed by atoms with E-state index in [-0.39, 0.29) is 30.1 Å². The molecule has 2 saturated heterocycles. The minimum Gasteiger partial charge on any atom is -0.443 e. The first-order valence-corrected chi connectivity index (χ1v) is 11.0. The molecule has 1 aliphatic carbocycles. The Labute approximate surface area is 183 Å². The summed E-state index contributed by atoms with van der Waals surface area (Å²) in [5.74, 6) is -0.864. The Bertz CT molecular complexity index is 721. The normalized spacial score (nSPS) is 38.1. The van der Waals surface area contributed by atoms with Crippen LogP contribution in [0.4, 0.5) is 4.79 Å². The van der Waals surface area contributed by atoms with Gasteiger partial charge in [-0.2, -0.15) is 0 Å². The summed E-state index contributed by atoms with van der Waals surface area (Å²) in [5, 5.41) is 11.8. The zero-order chi connectivity index (χ0) is 23.0. The Morgan fingerprint density at radius 3 is 2.58 bits per heavy atom. The van der Waals surface area contributed by atoms with E-state index in [0.29, 0.717) is 19.4 Å². The molecule has 176 valence electrons. The van der Waals surface area contributed by atoms with Crippen LogP contribution in [0.5, 0.6) is 0 Å². The molecular formula is C22H36N2O7. The highest BCUT2D eigenvalue weighted by Gasteiger charge is 2.72. The molecule has 1 saturated carbocycles. The standard InChI is InChI=1S/C22H36N2O7/c1-12(2)16(19(23)26)24-20(27)30-14-8-9-22(11-29-22)18(17(14)28-5)21(4)15(31-21)7-6-13(3)10-25/h6,12,14-18,25H,7-11H2,1-5H3,(H2,23,26)(H,24,27)/t14-,15-,16-,17-,18?,21+,22+/m1/s1. The summed E-state index contributed by atoms with van der Waals surface area (Å²) < 4.78 is 23.6. The number of aliphatic hydroxyl groups is 1. The van der Waals surface area contributed by atoms with Crippen molar-refractivity contribution in [3.63, 3.8) is 0 Å². The maximum absolute atomic E-state index is 12.5. The van der Waals surface area contributed by atoms with Gasteiger partial charge in [-0.25, -0.2) is 4.79 Å². The Morgan fingerprint density at radius 1 is 1.39 bits per heavy atom. The molecule has 9 heteroatoms. The average Bonchev–Trinajstić information content (AvgIpc) is 3.62. The van der Waals surface area contributed by atoms with Crippen molar-refractivity contribution in [2.75, 3.05) is 20.3 Å². The summed E-state index contributed by atoms with van der Waals surface area (Å²) in [6.07, 6.45) is 2.38. The number of nitrogens with one attached hydrogen (secondary N) is 1. The molecule has 4 N–H and O–H groups in total. The second-order valence-electron chi connectivity index (χ2n) is 9.52. The molecule has 0 radical (unpaired) electrons. The minimum absolute atomic E-state index is 0.0221. The summed E-state index contributed by atoms with van der Waals surface area (Å²) >= 11 is 0. The van der Waals surface area contributed by atoms with Crippen molar-refractivity contribution in [1.29, 1.82) is 0 Å². The number of carbonyl (C=O) groups is 2. The van der Waals surface area contributed by atoms with E-state index in [2.05, 4.69) is 5.32 Å². The molecule has 7 atom stereocenters. The van der Waals surface area contributed by atoms with E-state index in [1.54, 1.807) is 21.0 Å². The van der Waals surface area contributed by atoms with Crippen molar-refractivity contribution in [1.82, 2.24) is 5.32 Å². The zero-order valence-corrected chi connectivity index (χ0v) is 19.1. The third-order valence-corrected chi connectivity index (χ3v) is 6.93. The van der Waals surface area contributed by atoms with Crippen molar-refractivity contribution in [3.8, 4) is 0 Å². The third kappa shape index (κ3) is 4.89. The first kappa shape index (κ1) is 24.0. The lowest BCUT2D eigenvalue weighted by molar-refractivity contribution is -0.123. The number of rotatable bonds is 9. The third-order valence-electron chi connectivity index (χ3n) is 6.93. The number of methoxy groups -OCH3 is 1. The molecule has 0 aromatic rings. The fraction of sp³-hybridized carbons (Fsp3) is 0.818. The quantitative estimate of drug-likeness (QED) is 0.363. The Hall–Kier alpha value is -1.68. The van der Waals surface area contributed by atoms with Crippen LogP contribution in [0.3, 0.4) is 0 Å². The van der Waals surface area contributed by atoms with Crippen LogP contribution in [0.25, 0.3) is 0 Å². The predicted octanol–water partition coefficient (Wildman–Crippen LogP) is 1.27. The van der Waals surface area contributed by atoms with Crippen molar-refractivity contribution >= 4 is 12.0 Å². The van der Waals surface area contributed by atoms with Crippen LogP contribution in [0.1, 0.15) is 47.0 Å². The smallest absolute Gasteiger partial charge is 0.408 e. The van der Waals surface area contributed by atoms with Gasteiger partial charge in [0.2, 0.25) is 5.91 Å². The molecule has 0 aromatic carbocycles. The number of nitrogens with two attached hydrogens (primary N) is 1. The lowest BCUT2D eigenvalue weighted by Gasteiger charge is -2.42. The lowest BCUT2D eigenvalue weighted by Crippen LogP contribution is -2.57. The van der Waals surface area contributed by atoms with Crippen molar-refractivity contribution in [3.05, 3.63) is 11.6 Å². The highest BCUT2D eigenvalue weighted by Crippen LogP contribution is 2.59. The molecule has 2 heterocycles. The second-order valence-corrected chi connectivity index (χ2v) is 9.52. The molecule has 9 nitrogen and oxygen atoms in total. The van der Waals surface area contributed by atoms with Crippen molar-refractivity contribution in [2.24, 2.45) is 17.6 Å². The van der Waals surface area contributed by atoms with E-state index in [9.17, 15) is 14.7 Å². The van der Waals surface area contributed by atoms with Crippen LogP contribution in [0, 0.1) is 11.8 Å². The van der Waals surface area contributed by atoms with Gasteiger partial charge < -0.3 is 35.1 Å². The van der Waals surface area contributed by atoms with Crippen LogP contribution in [0.2, 0.25) is 0 Å². The summed E-state index contributed by atoms with van der Waals surface area (Å²) in [5.41, 5.74) is 5.48. The number of epoxide rings is 2. The van der Waals surface area contributed by atoms with Crippen molar-refractivity contribution in [2.45, 2.75) is 82.5 Å². The minimum atomic E-state index is -0.804. The summed E-state index contributed by atoms with van der Waals surface area (Å²) in [6.45, 7) is 8.18. The highest BCUT2D eigenvalue weighted by atomic mass is 16.6. The van der Waals surface area contributed by atoms with Crippen LogP contribution in [-0.4, -0.2) is 73.0 Å². The van der Waals surface area contributed by atoms with Gasteiger partial charge in [0.1, 0.15) is 29.5 Å². The molecular weight excluding hydrogens is 404 g/mol. The molecule has 1 spiro atoms. The number of primary amides is 1. The van der Waals surface area contributed by atoms with E-state index in [1.165, 1.54) is 0 Å². The monoisotopic (exact) mass is 440 g/mol. The zero-order valence-electron chi connectivity index (χ0n) is 19.1. The van der Waals surface area contributed by atoms with E-state index < -0.39 is 35.9 Å². The van der Waals surface area contributed by atoms with Crippen LogP contribution >= 0.6 is 0 Å².